The molecule has 1 saturated heterocycles. The van der Waals surface area contributed by atoms with Gasteiger partial charge in [0.05, 0.1) is 21.3 Å². The van der Waals surface area contributed by atoms with E-state index in [1.54, 1.807) is 0 Å². The molecule has 1 amide bonds. The van der Waals surface area contributed by atoms with E-state index in [4.69, 9.17) is 11.6 Å². The molecule has 0 radical (unpaired) electrons. The third kappa shape index (κ3) is 4.68. The fraction of sp³-hybridized carbons (Fsp3) is 0.235. The molecule has 11 heteroatoms. The molecule has 0 saturated carbocycles. The molecule has 0 bridgehead atoms. The highest BCUT2D eigenvalue weighted by molar-refractivity contribution is 7.92. The summed E-state index contributed by atoms with van der Waals surface area (Å²) >= 11 is 6.17. The van der Waals surface area contributed by atoms with Crippen molar-refractivity contribution in [2.45, 2.75) is 24.1 Å². The van der Waals surface area contributed by atoms with Crippen molar-refractivity contribution in [3.8, 4) is 5.75 Å². The van der Waals surface area contributed by atoms with E-state index in [0.717, 1.165) is 24.3 Å². The van der Waals surface area contributed by atoms with Gasteiger partial charge in [-0.25, -0.2) is 8.42 Å². The number of anilines is 2. The van der Waals surface area contributed by atoms with Crippen LogP contribution in [0.25, 0.3) is 0 Å². The number of sulfonamides is 1. The first-order valence-corrected chi connectivity index (χ1v) is 9.90. The first kappa shape index (κ1) is 20.3. The van der Waals surface area contributed by atoms with Gasteiger partial charge in [0.1, 0.15) is 5.75 Å². The van der Waals surface area contributed by atoms with Gasteiger partial charge in [0, 0.05) is 19.0 Å². The summed E-state index contributed by atoms with van der Waals surface area (Å²) < 4.78 is 67.9. The lowest BCUT2D eigenvalue weighted by molar-refractivity contribution is -0.274. The molecule has 3 rings (SSSR count). The number of halogens is 4. The van der Waals surface area contributed by atoms with Crippen molar-refractivity contribution < 1.29 is 31.1 Å². The van der Waals surface area contributed by atoms with Crippen molar-refractivity contribution in [3.05, 3.63) is 47.5 Å². The van der Waals surface area contributed by atoms with Crippen LogP contribution in [0.3, 0.4) is 0 Å². The summed E-state index contributed by atoms with van der Waals surface area (Å²) in [6.45, 7) is 0.523. The van der Waals surface area contributed by atoms with Gasteiger partial charge >= 0.3 is 6.36 Å². The minimum atomic E-state index is -4.94. The largest absolute Gasteiger partial charge is 0.573 e. The zero-order valence-corrected chi connectivity index (χ0v) is 15.7. The number of nitrogens with zero attached hydrogens (tertiary/aromatic N) is 1. The number of hydrogen-bond acceptors (Lipinski definition) is 4. The SMILES string of the molecule is O=C1CCCN1c1ccc(NS(=O)(=O)c2cccc(OC(F)(F)F)c2)cc1Cl. The fourth-order valence-corrected chi connectivity index (χ4v) is 4.11. The second kappa shape index (κ2) is 7.51. The average molecular weight is 435 g/mol. The van der Waals surface area contributed by atoms with Crippen molar-refractivity contribution in [2.24, 2.45) is 0 Å². The maximum Gasteiger partial charge on any atom is 0.573 e. The van der Waals surface area contributed by atoms with Gasteiger partial charge in [0.15, 0.2) is 0 Å². The van der Waals surface area contributed by atoms with Crippen molar-refractivity contribution in [1.29, 1.82) is 0 Å². The van der Waals surface area contributed by atoms with Crippen LogP contribution in [0.4, 0.5) is 24.5 Å². The second-order valence-corrected chi connectivity index (χ2v) is 8.03. The fourth-order valence-electron chi connectivity index (χ4n) is 2.74. The van der Waals surface area contributed by atoms with E-state index in [-0.39, 0.29) is 16.6 Å². The smallest absolute Gasteiger partial charge is 0.406 e. The summed E-state index contributed by atoms with van der Waals surface area (Å²) in [7, 11) is -4.19. The second-order valence-electron chi connectivity index (χ2n) is 5.94. The van der Waals surface area contributed by atoms with Crippen LogP contribution in [-0.2, 0) is 14.8 Å². The van der Waals surface area contributed by atoms with Crippen LogP contribution in [0.5, 0.6) is 5.75 Å². The van der Waals surface area contributed by atoms with Crippen molar-refractivity contribution in [3.63, 3.8) is 0 Å². The maximum atomic E-state index is 12.5. The summed E-state index contributed by atoms with van der Waals surface area (Å²) in [4.78, 5) is 12.9. The van der Waals surface area contributed by atoms with Crippen LogP contribution in [-0.4, -0.2) is 27.2 Å². The van der Waals surface area contributed by atoms with Crippen LogP contribution < -0.4 is 14.4 Å². The number of carbonyl (C=O) groups excluding carboxylic acids is 1. The zero-order valence-electron chi connectivity index (χ0n) is 14.2. The molecule has 0 unspecified atom stereocenters. The summed E-state index contributed by atoms with van der Waals surface area (Å²) in [6, 6.07) is 8.26. The molecule has 1 fully saturated rings. The molecule has 28 heavy (non-hydrogen) atoms. The van der Waals surface area contributed by atoms with E-state index in [1.165, 1.54) is 23.1 Å². The number of amides is 1. The predicted molar refractivity (Wildman–Crippen MR) is 97.0 cm³/mol. The van der Waals surface area contributed by atoms with E-state index in [9.17, 15) is 26.4 Å². The van der Waals surface area contributed by atoms with Crippen molar-refractivity contribution in [2.75, 3.05) is 16.2 Å². The quantitative estimate of drug-likeness (QED) is 0.766. The van der Waals surface area contributed by atoms with Crippen LogP contribution >= 0.6 is 11.6 Å². The minimum Gasteiger partial charge on any atom is -0.406 e. The number of rotatable bonds is 5. The Bertz CT molecular complexity index is 1010. The maximum absolute atomic E-state index is 12.5. The number of ether oxygens (including phenoxy) is 1. The van der Waals surface area contributed by atoms with Gasteiger partial charge in [-0.05, 0) is 36.8 Å². The van der Waals surface area contributed by atoms with Crippen LogP contribution in [0.15, 0.2) is 47.4 Å². The van der Waals surface area contributed by atoms with Crippen LogP contribution in [0.2, 0.25) is 5.02 Å². The van der Waals surface area contributed by atoms with E-state index >= 15 is 0 Å². The van der Waals surface area contributed by atoms with Gasteiger partial charge in [0.25, 0.3) is 10.0 Å². The van der Waals surface area contributed by atoms with Gasteiger partial charge in [-0.1, -0.05) is 17.7 Å². The Labute approximate surface area is 163 Å². The first-order chi connectivity index (χ1) is 13.0. The summed E-state index contributed by atoms with van der Waals surface area (Å²) in [5.41, 5.74) is 0.565. The number of nitrogens with one attached hydrogen (secondary N) is 1. The highest BCUT2D eigenvalue weighted by Gasteiger charge is 2.31. The first-order valence-electron chi connectivity index (χ1n) is 8.04. The number of carbonyl (C=O) groups is 1. The molecule has 6 nitrogen and oxygen atoms in total. The Morgan fingerprint density at radius 3 is 2.50 bits per heavy atom. The van der Waals surface area contributed by atoms with E-state index < -0.39 is 27.0 Å². The molecule has 1 aliphatic rings. The molecule has 1 N–H and O–H groups in total. The van der Waals surface area contributed by atoms with Gasteiger partial charge in [-0.3, -0.25) is 9.52 Å². The van der Waals surface area contributed by atoms with Crippen molar-refractivity contribution in [1.82, 2.24) is 0 Å². The van der Waals surface area contributed by atoms with Gasteiger partial charge in [-0.2, -0.15) is 0 Å². The van der Waals surface area contributed by atoms with Gasteiger partial charge in [-0.15, -0.1) is 13.2 Å². The molecule has 0 spiro atoms. The molecule has 150 valence electrons. The Kier molecular flexibility index (Phi) is 5.44. The minimum absolute atomic E-state index is 0.0725. The topological polar surface area (TPSA) is 75.7 Å². The van der Waals surface area contributed by atoms with Crippen LogP contribution in [0, 0.1) is 0 Å². The Morgan fingerprint density at radius 2 is 1.89 bits per heavy atom. The lowest BCUT2D eigenvalue weighted by Crippen LogP contribution is -2.24. The highest BCUT2D eigenvalue weighted by atomic mass is 35.5. The molecular formula is C17H14ClF3N2O4S. The molecule has 1 heterocycles. The molecule has 0 atom stereocenters. The Balaban J connectivity index is 1.82. The van der Waals surface area contributed by atoms with Gasteiger partial charge < -0.3 is 9.64 Å². The monoisotopic (exact) mass is 434 g/mol. The average Bonchev–Trinajstić information content (AvgIpc) is 2.99. The number of hydrogen-bond donors (Lipinski definition) is 1. The van der Waals surface area contributed by atoms with Crippen molar-refractivity contribution >= 4 is 38.9 Å². The highest BCUT2D eigenvalue weighted by Crippen LogP contribution is 2.33. The van der Waals surface area contributed by atoms with Crippen LogP contribution in [0.1, 0.15) is 12.8 Å². The molecular weight excluding hydrogens is 421 g/mol. The third-order valence-corrected chi connectivity index (χ3v) is 5.60. The third-order valence-electron chi connectivity index (χ3n) is 3.91. The summed E-state index contributed by atoms with van der Waals surface area (Å²) in [5, 5.41) is 0.171. The van der Waals surface area contributed by atoms with E-state index in [2.05, 4.69) is 9.46 Å². The molecule has 2 aromatic carbocycles. The number of alkyl halides is 3. The molecule has 2 aromatic rings. The Morgan fingerprint density at radius 1 is 1.14 bits per heavy atom. The lowest BCUT2D eigenvalue weighted by Gasteiger charge is -2.18. The lowest BCUT2D eigenvalue weighted by atomic mass is 10.2. The molecule has 0 aliphatic carbocycles. The molecule has 0 aromatic heterocycles. The predicted octanol–water partition coefficient (Wildman–Crippen LogP) is 4.17. The zero-order chi connectivity index (χ0) is 20.5. The Hall–Kier alpha value is -2.46. The summed E-state index contributed by atoms with van der Waals surface area (Å²) in [6.07, 6.45) is -3.81. The summed E-state index contributed by atoms with van der Waals surface area (Å²) in [5.74, 6) is -0.729. The molecule has 1 aliphatic heterocycles. The standard InChI is InChI=1S/C17H14ClF3N2O4S/c18-14-9-11(6-7-15(14)23-8-2-5-16(23)24)22-28(25,26)13-4-1-3-12(10-13)27-17(19,20)21/h1,3-4,6-7,9-10,22H,2,5,8H2. The normalized spacial score (nSPS) is 15.0. The van der Waals surface area contributed by atoms with E-state index in [0.29, 0.717) is 25.1 Å². The number of benzene rings is 2. The van der Waals surface area contributed by atoms with E-state index in [1.807, 2.05) is 0 Å². The van der Waals surface area contributed by atoms with Gasteiger partial charge in [0.2, 0.25) is 5.91 Å².